The highest BCUT2D eigenvalue weighted by molar-refractivity contribution is 5.96. The fraction of sp³-hybridized carbons (Fsp3) is 0.500. The van der Waals surface area contributed by atoms with Crippen molar-refractivity contribution in [1.82, 2.24) is 10.6 Å². The van der Waals surface area contributed by atoms with Gasteiger partial charge >= 0.3 is 0 Å². The van der Waals surface area contributed by atoms with Gasteiger partial charge in [-0.3, -0.25) is 9.59 Å². The molecule has 1 rings (SSSR count). The number of unbranched alkanes of at least 4 members (excludes halogenated alkanes) is 1. The van der Waals surface area contributed by atoms with Crippen molar-refractivity contribution in [2.45, 2.75) is 39.7 Å². The van der Waals surface area contributed by atoms with Crippen LogP contribution in [0, 0.1) is 0 Å². The van der Waals surface area contributed by atoms with E-state index in [1.807, 2.05) is 13.8 Å². The summed E-state index contributed by atoms with van der Waals surface area (Å²) in [5.41, 5.74) is 1.29. The maximum absolute atomic E-state index is 11.8. The number of hydrogen-bond acceptors (Lipinski definition) is 3. The van der Waals surface area contributed by atoms with Gasteiger partial charge in [-0.2, -0.15) is 0 Å². The van der Waals surface area contributed by atoms with Crippen LogP contribution in [0.15, 0.2) is 24.3 Å². The summed E-state index contributed by atoms with van der Waals surface area (Å²) >= 11 is 0. The SMILES string of the molecule is CCCCNC(=O)c1ccc(NC(=O)CNC(C)C)cc1. The molecule has 0 saturated heterocycles. The molecule has 3 N–H and O–H groups in total. The van der Waals surface area contributed by atoms with Crippen LogP contribution < -0.4 is 16.0 Å². The highest BCUT2D eigenvalue weighted by atomic mass is 16.2. The highest BCUT2D eigenvalue weighted by Gasteiger charge is 2.06. The number of carbonyl (C=O) groups excluding carboxylic acids is 2. The van der Waals surface area contributed by atoms with Crippen LogP contribution in [0.5, 0.6) is 0 Å². The van der Waals surface area contributed by atoms with E-state index in [2.05, 4.69) is 22.9 Å². The van der Waals surface area contributed by atoms with Crippen LogP contribution in [-0.4, -0.2) is 30.9 Å². The first-order chi connectivity index (χ1) is 10.0. The molecule has 0 heterocycles. The molecule has 0 aliphatic heterocycles. The zero-order valence-electron chi connectivity index (χ0n) is 13.0. The second-order valence-corrected chi connectivity index (χ2v) is 5.27. The van der Waals surface area contributed by atoms with Crippen molar-refractivity contribution in [2.24, 2.45) is 0 Å². The minimum Gasteiger partial charge on any atom is -0.352 e. The van der Waals surface area contributed by atoms with Crippen LogP contribution in [-0.2, 0) is 4.79 Å². The number of rotatable bonds is 8. The van der Waals surface area contributed by atoms with Crippen molar-refractivity contribution in [2.75, 3.05) is 18.4 Å². The Bertz CT molecular complexity index is 455. The molecule has 1 aromatic rings. The molecule has 0 atom stereocenters. The van der Waals surface area contributed by atoms with Gasteiger partial charge in [0, 0.05) is 23.8 Å². The number of carbonyl (C=O) groups is 2. The van der Waals surface area contributed by atoms with E-state index in [1.54, 1.807) is 24.3 Å². The van der Waals surface area contributed by atoms with Gasteiger partial charge in [-0.05, 0) is 30.7 Å². The first-order valence-corrected chi connectivity index (χ1v) is 7.44. The molecule has 0 aliphatic carbocycles. The summed E-state index contributed by atoms with van der Waals surface area (Å²) in [5, 5.41) is 8.69. The Kier molecular flexibility index (Phi) is 7.46. The van der Waals surface area contributed by atoms with Crippen LogP contribution in [0.2, 0.25) is 0 Å². The maximum Gasteiger partial charge on any atom is 0.251 e. The second-order valence-electron chi connectivity index (χ2n) is 5.27. The lowest BCUT2D eigenvalue weighted by Gasteiger charge is -2.09. The van der Waals surface area contributed by atoms with Crippen LogP contribution in [0.1, 0.15) is 44.0 Å². The van der Waals surface area contributed by atoms with Gasteiger partial charge in [-0.25, -0.2) is 0 Å². The molecule has 1 aromatic carbocycles. The molecule has 2 amide bonds. The highest BCUT2D eigenvalue weighted by Crippen LogP contribution is 2.09. The predicted molar refractivity (Wildman–Crippen MR) is 85.5 cm³/mol. The van der Waals surface area contributed by atoms with E-state index in [0.29, 0.717) is 17.8 Å². The lowest BCUT2D eigenvalue weighted by Crippen LogP contribution is -2.32. The van der Waals surface area contributed by atoms with Gasteiger partial charge in [-0.15, -0.1) is 0 Å². The molecule has 0 bridgehead atoms. The Morgan fingerprint density at radius 3 is 2.38 bits per heavy atom. The van der Waals surface area contributed by atoms with Gasteiger partial charge in [-0.1, -0.05) is 27.2 Å². The Morgan fingerprint density at radius 1 is 1.14 bits per heavy atom. The topological polar surface area (TPSA) is 70.2 Å². The van der Waals surface area contributed by atoms with E-state index in [9.17, 15) is 9.59 Å². The normalized spacial score (nSPS) is 10.5. The third kappa shape index (κ3) is 6.90. The van der Waals surface area contributed by atoms with Crippen molar-refractivity contribution in [3.8, 4) is 0 Å². The summed E-state index contributed by atoms with van der Waals surface area (Å²) in [6, 6.07) is 7.17. The van der Waals surface area contributed by atoms with Crippen molar-refractivity contribution in [3.05, 3.63) is 29.8 Å². The summed E-state index contributed by atoms with van der Waals surface area (Å²) in [6.45, 7) is 7.02. The molecule has 116 valence electrons. The summed E-state index contributed by atoms with van der Waals surface area (Å²) in [5.74, 6) is -0.174. The van der Waals surface area contributed by atoms with E-state index in [-0.39, 0.29) is 24.4 Å². The zero-order valence-corrected chi connectivity index (χ0v) is 13.0. The van der Waals surface area contributed by atoms with Crippen molar-refractivity contribution in [3.63, 3.8) is 0 Å². The van der Waals surface area contributed by atoms with Gasteiger partial charge in [0.1, 0.15) is 0 Å². The summed E-state index contributed by atoms with van der Waals surface area (Å²) < 4.78 is 0. The molecular formula is C16H25N3O2. The molecule has 21 heavy (non-hydrogen) atoms. The summed E-state index contributed by atoms with van der Waals surface area (Å²) in [4.78, 5) is 23.5. The van der Waals surface area contributed by atoms with Gasteiger partial charge < -0.3 is 16.0 Å². The Balaban J connectivity index is 2.46. The Hall–Kier alpha value is -1.88. The van der Waals surface area contributed by atoms with E-state index in [4.69, 9.17) is 0 Å². The fourth-order valence-electron chi connectivity index (χ4n) is 1.69. The number of benzene rings is 1. The van der Waals surface area contributed by atoms with Crippen molar-refractivity contribution < 1.29 is 9.59 Å². The molecule has 0 aliphatic rings. The molecule has 5 nitrogen and oxygen atoms in total. The largest absolute Gasteiger partial charge is 0.352 e. The van der Waals surface area contributed by atoms with Gasteiger partial charge in [0.05, 0.1) is 6.54 Å². The van der Waals surface area contributed by atoms with Crippen molar-refractivity contribution >= 4 is 17.5 Å². The first kappa shape index (κ1) is 17.2. The molecule has 0 unspecified atom stereocenters. The van der Waals surface area contributed by atoms with E-state index >= 15 is 0 Å². The van der Waals surface area contributed by atoms with Crippen molar-refractivity contribution in [1.29, 1.82) is 0 Å². The average molecular weight is 291 g/mol. The first-order valence-electron chi connectivity index (χ1n) is 7.44. The number of hydrogen-bond donors (Lipinski definition) is 3. The van der Waals surface area contributed by atoms with Gasteiger partial charge in [0.15, 0.2) is 0 Å². The lowest BCUT2D eigenvalue weighted by atomic mass is 10.2. The number of anilines is 1. The molecule has 0 fully saturated rings. The molecule has 5 heteroatoms. The average Bonchev–Trinajstić information content (AvgIpc) is 2.46. The smallest absolute Gasteiger partial charge is 0.251 e. The van der Waals surface area contributed by atoms with Crippen LogP contribution in [0.3, 0.4) is 0 Å². The van der Waals surface area contributed by atoms with E-state index in [0.717, 1.165) is 12.8 Å². The monoisotopic (exact) mass is 291 g/mol. The second kappa shape index (κ2) is 9.13. The van der Waals surface area contributed by atoms with Gasteiger partial charge in [0.2, 0.25) is 5.91 Å². The van der Waals surface area contributed by atoms with E-state index < -0.39 is 0 Å². The minimum atomic E-state index is -0.0937. The quantitative estimate of drug-likeness (QED) is 0.643. The zero-order chi connectivity index (χ0) is 15.7. The van der Waals surface area contributed by atoms with Crippen LogP contribution in [0.25, 0.3) is 0 Å². The minimum absolute atomic E-state index is 0.0807. The molecule has 0 saturated carbocycles. The standard InChI is InChI=1S/C16H25N3O2/c1-4-5-10-17-16(21)13-6-8-14(9-7-13)19-15(20)11-18-12(2)3/h6-9,12,18H,4-5,10-11H2,1-3H3,(H,17,21)(H,19,20). The predicted octanol–water partition coefficient (Wildman–Crippen LogP) is 2.15. The number of amides is 2. The third-order valence-electron chi connectivity index (χ3n) is 2.92. The Morgan fingerprint density at radius 2 is 1.81 bits per heavy atom. The lowest BCUT2D eigenvalue weighted by molar-refractivity contribution is -0.115. The van der Waals surface area contributed by atoms with Gasteiger partial charge in [0.25, 0.3) is 5.91 Å². The summed E-state index contributed by atoms with van der Waals surface area (Å²) in [6.07, 6.45) is 2.03. The number of nitrogens with one attached hydrogen (secondary N) is 3. The molecule has 0 aromatic heterocycles. The maximum atomic E-state index is 11.8. The van der Waals surface area contributed by atoms with Crippen LogP contribution in [0.4, 0.5) is 5.69 Å². The molecular weight excluding hydrogens is 266 g/mol. The summed E-state index contributed by atoms with van der Waals surface area (Å²) in [7, 11) is 0. The van der Waals surface area contributed by atoms with Crippen LogP contribution >= 0.6 is 0 Å². The van der Waals surface area contributed by atoms with E-state index in [1.165, 1.54) is 0 Å². The third-order valence-corrected chi connectivity index (χ3v) is 2.92. The fourth-order valence-corrected chi connectivity index (χ4v) is 1.69. The molecule has 0 radical (unpaired) electrons. The molecule has 0 spiro atoms. The Labute approximate surface area is 126 Å².